The summed E-state index contributed by atoms with van der Waals surface area (Å²) in [6.07, 6.45) is 9.90. The molecule has 0 amide bonds. The topological polar surface area (TPSA) is 18.5 Å². The van der Waals surface area contributed by atoms with E-state index in [9.17, 15) is 0 Å². The molecule has 0 aliphatic carbocycles. The van der Waals surface area contributed by atoms with Crippen molar-refractivity contribution in [3.8, 4) is 0 Å². The molecule has 1 saturated heterocycles. The molecule has 2 heteroatoms. The second-order valence-corrected chi connectivity index (χ2v) is 6.51. The van der Waals surface area contributed by atoms with Gasteiger partial charge in [-0.25, -0.2) is 0 Å². The summed E-state index contributed by atoms with van der Waals surface area (Å²) < 4.78 is 12.1. The largest absolute Gasteiger partial charge is 0.353 e. The zero-order valence-electron chi connectivity index (χ0n) is 14.3. The van der Waals surface area contributed by atoms with Crippen LogP contribution in [0, 0.1) is 5.92 Å². The van der Waals surface area contributed by atoms with Crippen LogP contribution in [0.5, 0.6) is 0 Å². The molecule has 1 aliphatic rings. The van der Waals surface area contributed by atoms with Crippen molar-refractivity contribution in [2.24, 2.45) is 5.92 Å². The molecule has 1 aliphatic heterocycles. The summed E-state index contributed by atoms with van der Waals surface area (Å²) in [6, 6.07) is 10.8. The van der Waals surface area contributed by atoms with E-state index in [0.717, 1.165) is 25.9 Å². The second kappa shape index (κ2) is 10.0. The van der Waals surface area contributed by atoms with E-state index in [1.807, 2.05) is 0 Å². The van der Waals surface area contributed by atoms with Crippen molar-refractivity contribution < 1.29 is 9.47 Å². The number of ether oxygens (including phenoxy) is 2. The van der Waals surface area contributed by atoms with Crippen LogP contribution >= 0.6 is 0 Å². The molecule has 124 valence electrons. The van der Waals surface area contributed by atoms with Crippen molar-refractivity contribution in [1.29, 1.82) is 0 Å². The highest BCUT2D eigenvalue weighted by molar-refractivity contribution is 5.15. The molecule has 0 aromatic heterocycles. The van der Waals surface area contributed by atoms with Crippen LogP contribution in [0.3, 0.4) is 0 Å². The van der Waals surface area contributed by atoms with Gasteiger partial charge in [-0.15, -0.1) is 0 Å². The minimum absolute atomic E-state index is 0.0203. The van der Waals surface area contributed by atoms with Crippen LogP contribution in [-0.2, 0) is 15.9 Å². The first kappa shape index (κ1) is 17.5. The van der Waals surface area contributed by atoms with Crippen LogP contribution in [0.25, 0.3) is 0 Å². The Labute approximate surface area is 136 Å². The Morgan fingerprint density at radius 2 is 1.82 bits per heavy atom. The Bertz CT molecular complexity index is 390. The zero-order chi connectivity index (χ0) is 15.6. The monoisotopic (exact) mass is 304 g/mol. The van der Waals surface area contributed by atoms with Crippen molar-refractivity contribution in [3.05, 3.63) is 35.9 Å². The summed E-state index contributed by atoms with van der Waals surface area (Å²) in [5.41, 5.74) is 1.42. The summed E-state index contributed by atoms with van der Waals surface area (Å²) in [6.45, 7) is 5.29. The van der Waals surface area contributed by atoms with Gasteiger partial charge in [-0.1, -0.05) is 69.9 Å². The Morgan fingerprint density at radius 1 is 1.05 bits per heavy atom. The average molecular weight is 304 g/mol. The van der Waals surface area contributed by atoms with Gasteiger partial charge in [-0.05, 0) is 30.7 Å². The molecule has 0 N–H and O–H groups in total. The summed E-state index contributed by atoms with van der Waals surface area (Å²) in [5.74, 6) is 0.603. The van der Waals surface area contributed by atoms with E-state index in [2.05, 4.69) is 44.2 Å². The van der Waals surface area contributed by atoms with Crippen molar-refractivity contribution >= 4 is 0 Å². The third-order valence-electron chi connectivity index (χ3n) is 4.58. The standard InChI is InChI=1S/C20H32O2/c1-3-5-8-13-19-18(15-17-11-9-7-10-12-17)16-20(22-19)21-14-6-4-2/h7,9-12,18-20H,3-6,8,13-16H2,1-2H3/t18-,19+,20-/m0/s1. The average Bonchev–Trinajstić information content (AvgIpc) is 2.91. The Morgan fingerprint density at radius 3 is 2.55 bits per heavy atom. The lowest BCUT2D eigenvalue weighted by atomic mass is 9.90. The number of hydrogen-bond acceptors (Lipinski definition) is 2. The summed E-state index contributed by atoms with van der Waals surface area (Å²) in [4.78, 5) is 0. The molecule has 0 bridgehead atoms. The third-order valence-corrected chi connectivity index (χ3v) is 4.58. The van der Waals surface area contributed by atoms with Crippen LogP contribution in [-0.4, -0.2) is 19.0 Å². The first-order valence-electron chi connectivity index (χ1n) is 9.14. The van der Waals surface area contributed by atoms with Crippen molar-refractivity contribution in [2.75, 3.05) is 6.61 Å². The smallest absolute Gasteiger partial charge is 0.158 e. The molecule has 0 radical (unpaired) electrons. The molecular formula is C20H32O2. The van der Waals surface area contributed by atoms with E-state index in [1.54, 1.807) is 0 Å². The summed E-state index contributed by atoms with van der Waals surface area (Å²) in [5, 5.41) is 0. The molecule has 1 heterocycles. The van der Waals surface area contributed by atoms with Gasteiger partial charge in [0.2, 0.25) is 0 Å². The van der Waals surface area contributed by atoms with Gasteiger partial charge in [0.15, 0.2) is 6.29 Å². The Kier molecular flexibility index (Phi) is 7.96. The third kappa shape index (κ3) is 5.73. The molecule has 0 saturated carbocycles. The van der Waals surface area contributed by atoms with E-state index in [1.165, 1.54) is 37.7 Å². The second-order valence-electron chi connectivity index (χ2n) is 6.51. The molecule has 2 rings (SSSR count). The molecule has 1 fully saturated rings. The molecule has 2 nitrogen and oxygen atoms in total. The molecular weight excluding hydrogens is 272 g/mol. The fourth-order valence-electron chi connectivity index (χ4n) is 3.26. The van der Waals surface area contributed by atoms with Gasteiger partial charge < -0.3 is 9.47 Å². The maximum Gasteiger partial charge on any atom is 0.158 e. The minimum atomic E-state index is 0.0203. The number of benzene rings is 1. The lowest BCUT2D eigenvalue weighted by molar-refractivity contribution is -0.136. The first-order valence-corrected chi connectivity index (χ1v) is 9.14. The first-order chi connectivity index (χ1) is 10.8. The van der Waals surface area contributed by atoms with Crippen molar-refractivity contribution in [2.45, 2.75) is 77.6 Å². The van der Waals surface area contributed by atoms with Crippen LogP contribution in [0.2, 0.25) is 0 Å². The lowest BCUT2D eigenvalue weighted by Gasteiger charge is -2.18. The van der Waals surface area contributed by atoms with Gasteiger partial charge in [-0.3, -0.25) is 0 Å². The fraction of sp³-hybridized carbons (Fsp3) is 0.700. The van der Waals surface area contributed by atoms with Crippen molar-refractivity contribution in [1.82, 2.24) is 0 Å². The predicted octanol–water partition coefficient (Wildman–Crippen LogP) is 5.36. The molecule has 0 spiro atoms. The molecule has 0 unspecified atom stereocenters. The SMILES string of the molecule is CCCCC[C@H]1O[C@H](OCCCC)C[C@@H]1Cc1ccccc1. The quantitative estimate of drug-likeness (QED) is 0.542. The predicted molar refractivity (Wildman–Crippen MR) is 91.9 cm³/mol. The minimum Gasteiger partial charge on any atom is -0.353 e. The van der Waals surface area contributed by atoms with E-state index in [-0.39, 0.29) is 6.29 Å². The maximum absolute atomic E-state index is 6.22. The van der Waals surface area contributed by atoms with Gasteiger partial charge in [0.1, 0.15) is 0 Å². The van der Waals surface area contributed by atoms with Crippen LogP contribution < -0.4 is 0 Å². The van der Waals surface area contributed by atoms with E-state index in [4.69, 9.17) is 9.47 Å². The summed E-state index contributed by atoms with van der Waals surface area (Å²) in [7, 11) is 0. The number of rotatable bonds is 10. The van der Waals surface area contributed by atoms with Gasteiger partial charge in [-0.2, -0.15) is 0 Å². The van der Waals surface area contributed by atoms with Crippen LogP contribution in [0.1, 0.15) is 64.4 Å². The number of hydrogen-bond donors (Lipinski definition) is 0. The Hall–Kier alpha value is -0.860. The Balaban J connectivity index is 1.87. The van der Waals surface area contributed by atoms with Gasteiger partial charge >= 0.3 is 0 Å². The van der Waals surface area contributed by atoms with Gasteiger partial charge in [0.05, 0.1) is 6.10 Å². The van der Waals surface area contributed by atoms with E-state index < -0.39 is 0 Å². The van der Waals surface area contributed by atoms with Crippen LogP contribution in [0.4, 0.5) is 0 Å². The van der Waals surface area contributed by atoms with Crippen molar-refractivity contribution in [3.63, 3.8) is 0 Å². The number of unbranched alkanes of at least 4 members (excludes halogenated alkanes) is 3. The zero-order valence-corrected chi connectivity index (χ0v) is 14.3. The van der Waals surface area contributed by atoms with Gasteiger partial charge in [0.25, 0.3) is 0 Å². The normalized spacial score (nSPS) is 24.7. The highest BCUT2D eigenvalue weighted by atomic mass is 16.7. The van der Waals surface area contributed by atoms with E-state index in [0.29, 0.717) is 12.0 Å². The van der Waals surface area contributed by atoms with E-state index >= 15 is 0 Å². The molecule has 22 heavy (non-hydrogen) atoms. The maximum atomic E-state index is 6.22. The fourth-order valence-corrected chi connectivity index (χ4v) is 3.26. The highest BCUT2D eigenvalue weighted by Crippen LogP contribution is 2.33. The summed E-state index contributed by atoms with van der Waals surface area (Å²) >= 11 is 0. The van der Waals surface area contributed by atoms with Gasteiger partial charge in [0, 0.05) is 13.0 Å². The lowest BCUT2D eigenvalue weighted by Crippen LogP contribution is -2.18. The molecule has 1 aromatic carbocycles. The highest BCUT2D eigenvalue weighted by Gasteiger charge is 2.35. The molecule has 3 atom stereocenters. The van der Waals surface area contributed by atoms with Crippen LogP contribution in [0.15, 0.2) is 30.3 Å². The molecule has 1 aromatic rings.